The van der Waals surface area contributed by atoms with Gasteiger partial charge in [0.2, 0.25) is 0 Å². The van der Waals surface area contributed by atoms with Crippen molar-refractivity contribution < 1.29 is 27.1 Å². The maximum Gasteiger partial charge on any atom is 0.573 e. The van der Waals surface area contributed by atoms with Crippen molar-refractivity contribution in [3.63, 3.8) is 0 Å². The van der Waals surface area contributed by atoms with E-state index in [0.717, 1.165) is 0 Å². The third-order valence-electron chi connectivity index (χ3n) is 3.51. The van der Waals surface area contributed by atoms with Gasteiger partial charge in [0.1, 0.15) is 11.4 Å². The van der Waals surface area contributed by atoms with Crippen LogP contribution in [0.15, 0.2) is 53.1 Å². The lowest BCUT2D eigenvalue weighted by Crippen LogP contribution is -2.26. The predicted octanol–water partition coefficient (Wildman–Crippen LogP) is 3.84. The lowest BCUT2D eigenvalue weighted by molar-refractivity contribution is -0.274. The first-order valence-corrected chi connectivity index (χ1v) is 7.51. The maximum atomic E-state index is 12.4. The highest BCUT2D eigenvalue weighted by atomic mass is 19.4. The van der Waals surface area contributed by atoms with E-state index in [1.807, 2.05) is 0 Å². The van der Waals surface area contributed by atoms with Crippen LogP contribution in [0.3, 0.4) is 0 Å². The Balaban J connectivity index is 1.64. The van der Waals surface area contributed by atoms with Crippen molar-refractivity contribution >= 4 is 5.91 Å². The molecule has 0 unspecified atom stereocenters. The molecule has 0 aliphatic rings. The molecular weight excluding hydrogens is 351 g/mol. The van der Waals surface area contributed by atoms with E-state index >= 15 is 0 Å². The molecule has 0 aliphatic heterocycles. The molecule has 3 rings (SSSR count). The third-order valence-corrected chi connectivity index (χ3v) is 3.51. The molecule has 0 saturated carbocycles. The number of nitrogens with zero attached hydrogens (tertiary/aromatic N) is 2. The fraction of sp³-hybridized carbons (Fsp3) is 0.176. The normalized spacial score (nSPS) is 11.4. The molecule has 136 valence electrons. The summed E-state index contributed by atoms with van der Waals surface area (Å²) >= 11 is 0. The van der Waals surface area contributed by atoms with Crippen LogP contribution in [-0.2, 0) is 6.54 Å². The zero-order valence-corrected chi connectivity index (χ0v) is 13.6. The Morgan fingerprint density at radius 3 is 2.62 bits per heavy atom. The summed E-state index contributed by atoms with van der Waals surface area (Å²) in [7, 11) is 1.57. The fourth-order valence-electron chi connectivity index (χ4n) is 2.33. The van der Waals surface area contributed by atoms with Gasteiger partial charge in [-0.15, -0.1) is 13.2 Å². The molecule has 0 radical (unpaired) electrons. The molecule has 0 fully saturated rings. The Morgan fingerprint density at radius 2 is 2.00 bits per heavy atom. The average molecular weight is 365 g/mol. The minimum Gasteiger partial charge on any atom is -0.463 e. The molecule has 9 heteroatoms. The van der Waals surface area contributed by atoms with Crippen molar-refractivity contribution in [1.29, 1.82) is 0 Å². The monoisotopic (exact) mass is 365 g/mol. The Kier molecular flexibility index (Phi) is 4.70. The fourth-order valence-corrected chi connectivity index (χ4v) is 2.33. The van der Waals surface area contributed by atoms with Crippen LogP contribution in [0.2, 0.25) is 0 Å². The van der Waals surface area contributed by atoms with Crippen LogP contribution in [0, 0.1) is 0 Å². The van der Waals surface area contributed by atoms with E-state index in [1.165, 1.54) is 35.4 Å². The van der Waals surface area contributed by atoms with Gasteiger partial charge in [-0.25, -0.2) is 0 Å². The maximum absolute atomic E-state index is 12.4. The molecule has 2 heterocycles. The van der Waals surface area contributed by atoms with Gasteiger partial charge in [0.15, 0.2) is 11.5 Å². The summed E-state index contributed by atoms with van der Waals surface area (Å²) in [6.45, 7) is 0.202. The molecule has 1 amide bonds. The van der Waals surface area contributed by atoms with Gasteiger partial charge in [0.05, 0.1) is 6.26 Å². The van der Waals surface area contributed by atoms with Gasteiger partial charge in [0, 0.05) is 19.7 Å². The summed E-state index contributed by atoms with van der Waals surface area (Å²) in [6, 6.07) is 10.3. The van der Waals surface area contributed by atoms with Crippen LogP contribution >= 0.6 is 0 Å². The minimum absolute atomic E-state index is 0.202. The molecule has 1 aromatic carbocycles. The van der Waals surface area contributed by atoms with Crippen molar-refractivity contribution in [2.45, 2.75) is 12.9 Å². The number of rotatable bonds is 5. The standard InChI is InChI=1S/C17H14F3N3O3/c1-23(10-11-4-6-12(7-5-11)26-17(18,19)20)16(24)14-9-13(21-22-14)15-3-2-8-25-15/h2-9H,10H2,1H3,(H,21,22). The second-order valence-corrected chi connectivity index (χ2v) is 5.50. The summed E-state index contributed by atoms with van der Waals surface area (Å²) in [5.74, 6) is -0.0975. The number of benzene rings is 1. The highest BCUT2D eigenvalue weighted by molar-refractivity contribution is 5.93. The van der Waals surface area contributed by atoms with Gasteiger partial charge in [-0.05, 0) is 29.8 Å². The molecule has 0 atom stereocenters. The number of carbonyl (C=O) groups is 1. The van der Waals surface area contributed by atoms with Crippen LogP contribution in [0.25, 0.3) is 11.5 Å². The van der Waals surface area contributed by atoms with Gasteiger partial charge in [-0.2, -0.15) is 5.10 Å². The first-order valence-electron chi connectivity index (χ1n) is 7.51. The first-order chi connectivity index (χ1) is 12.3. The highest BCUT2D eigenvalue weighted by Crippen LogP contribution is 2.23. The highest BCUT2D eigenvalue weighted by Gasteiger charge is 2.31. The number of carbonyl (C=O) groups excluding carboxylic acids is 1. The first kappa shape index (κ1) is 17.6. The summed E-state index contributed by atoms with van der Waals surface area (Å²) in [5.41, 5.74) is 1.42. The van der Waals surface area contributed by atoms with E-state index < -0.39 is 6.36 Å². The summed E-state index contributed by atoms with van der Waals surface area (Å²) in [6.07, 6.45) is -3.23. The minimum atomic E-state index is -4.74. The Bertz CT molecular complexity index is 871. The molecule has 26 heavy (non-hydrogen) atoms. The van der Waals surface area contributed by atoms with E-state index in [2.05, 4.69) is 14.9 Å². The van der Waals surface area contributed by atoms with E-state index in [1.54, 1.807) is 25.2 Å². The lowest BCUT2D eigenvalue weighted by atomic mass is 10.2. The molecule has 0 aliphatic carbocycles. The van der Waals surface area contributed by atoms with Gasteiger partial charge < -0.3 is 14.1 Å². The van der Waals surface area contributed by atoms with Crippen LogP contribution in [0.5, 0.6) is 5.75 Å². The molecule has 2 aromatic heterocycles. The summed E-state index contributed by atoms with van der Waals surface area (Å²) < 4.78 is 45.5. The van der Waals surface area contributed by atoms with Crippen molar-refractivity contribution in [2.24, 2.45) is 0 Å². The quantitative estimate of drug-likeness (QED) is 0.746. The molecule has 0 spiro atoms. The smallest absolute Gasteiger partial charge is 0.463 e. The number of hydrogen-bond acceptors (Lipinski definition) is 4. The second kappa shape index (κ2) is 6.95. The van der Waals surface area contributed by atoms with E-state index in [9.17, 15) is 18.0 Å². The number of furan rings is 1. The van der Waals surface area contributed by atoms with E-state index in [4.69, 9.17) is 4.42 Å². The van der Waals surface area contributed by atoms with Crippen LogP contribution in [-0.4, -0.2) is 34.4 Å². The van der Waals surface area contributed by atoms with Crippen LogP contribution in [0.1, 0.15) is 16.1 Å². The zero-order chi connectivity index (χ0) is 18.7. The number of aromatic amines is 1. The molecule has 6 nitrogen and oxygen atoms in total. The third kappa shape index (κ3) is 4.24. The number of hydrogen-bond donors (Lipinski definition) is 1. The largest absolute Gasteiger partial charge is 0.573 e. The van der Waals surface area contributed by atoms with Crippen molar-refractivity contribution in [3.8, 4) is 17.2 Å². The number of halogens is 3. The number of aromatic nitrogens is 2. The SMILES string of the molecule is CN(Cc1ccc(OC(F)(F)F)cc1)C(=O)c1cc(-c2ccco2)[nH]n1. The number of alkyl halides is 3. The topological polar surface area (TPSA) is 71.4 Å². The molecule has 1 N–H and O–H groups in total. The Labute approximate surface area is 146 Å². The van der Waals surface area contributed by atoms with Crippen molar-refractivity contribution in [3.05, 3.63) is 60.0 Å². The molecule has 0 bridgehead atoms. The number of ether oxygens (including phenoxy) is 1. The lowest BCUT2D eigenvalue weighted by Gasteiger charge is -2.16. The second-order valence-electron chi connectivity index (χ2n) is 5.50. The summed E-state index contributed by atoms with van der Waals surface area (Å²) in [5, 5.41) is 6.69. The van der Waals surface area contributed by atoms with Gasteiger partial charge in [-0.1, -0.05) is 12.1 Å². The molecular formula is C17H14F3N3O3. The number of nitrogens with one attached hydrogen (secondary N) is 1. The van der Waals surface area contributed by atoms with Crippen molar-refractivity contribution in [1.82, 2.24) is 15.1 Å². The predicted molar refractivity (Wildman–Crippen MR) is 85.2 cm³/mol. The van der Waals surface area contributed by atoms with Gasteiger partial charge in [0.25, 0.3) is 5.91 Å². The average Bonchev–Trinajstić information content (AvgIpc) is 3.25. The van der Waals surface area contributed by atoms with E-state index in [0.29, 0.717) is 17.0 Å². The van der Waals surface area contributed by atoms with Crippen molar-refractivity contribution in [2.75, 3.05) is 7.05 Å². The number of H-pyrrole nitrogens is 1. The van der Waals surface area contributed by atoms with E-state index in [-0.39, 0.29) is 23.9 Å². The summed E-state index contributed by atoms with van der Waals surface area (Å²) in [4.78, 5) is 13.8. The van der Waals surface area contributed by atoms with Gasteiger partial charge in [-0.3, -0.25) is 9.89 Å². The van der Waals surface area contributed by atoms with Gasteiger partial charge >= 0.3 is 6.36 Å². The Hall–Kier alpha value is -3.23. The van der Waals surface area contributed by atoms with Crippen LogP contribution < -0.4 is 4.74 Å². The van der Waals surface area contributed by atoms with Crippen LogP contribution in [0.4, 0.5) is 13.2 Å². The molecule has 0 saturated heterocycles. The Morgan fingerprint density at radius 1 is 1.27 bits per heavy atom. The molecule has 3 aromatic rings. The number of amides is 1. The zero-order valence-electron chi connectivity index (χ0n) is 13.6.